The third-order valence-corrected chi connectivity index (χ3v) is 11.7. The number of benzene rings is 7. The Balaban J connectivity index is 1.72. The van der Waals surface area contributed by atoms with Gasteiger partial charge in [-0.3, -0.25) is 4.79 Å². The van der Waals surface area contributed by atoms with Gasteiger partial charge in [-0.1, -0.05) is 92.0 Å². The summed E-state index contributed by atoms with van der Waals surface area (Å²) >= 11 is 18.3. The van der Waals surface area contributed by atoms with Crippen LogP contribution in [0.2, 0.25) is 5.02 Å². The Bertz CT molecular complexity index is 2130. The van der Waals surface area contributed by atoms with Crippen molar-refractivity contribution >= 4 is 134 Å². The molecule has 0 N–H and O–H groups in total. The summed E-state index contributed by atoms with van der Waals surface area (Å²) in [5.41, 5.74) is 1.54. The van der Waals surface area contributed by atoms with Crippen molar-refractivity contribution < 1.29 is 4.79 Å². The van der Waals surface area contributed by atoms with E-state index in [2.05, 4.69) is 108 Å². The van der Waals surface area contributed by atoms with Crippen LogP contribution in [0.4, 0.5) is 0 Å². The Hall–Kier alpha value is -2.24. The molecule has 35 heavy (non-hydrogen) atoms. The summed E-state index contributed by atoms with van der Waals surface area (Å²) in [4.78, 5) is 12.9. The quantitative estimate of drug-likeness (QED) is 0.0897. The van der Waals surface area contributed by atoms with Gasteiger partial charge in [-0.25, -0.2) is 0 Å². The third kappa shape index (κ3) is 2.47. The van der Waals surface area contributed by atoms with Crippen LogP contribution in [0.15, 0.2) is 71.2 Å². The summed E-state index contributed by atoms with van der Waals surface area (Å²) in [7, 11) is 0. The van der Waals surface area contributed by atoms with E-state index in [9.17, 15) is 4.79 Å². The van der Waals surface area contributed by atoms with Crippen molar-refractivity contribution in [2.24, 2.45) is 0 Å². The fourth-order valence-corrected chi connectivity index (χ4v) is 8.28. The molecule has 0 aromatic heterocycles. The SMILES string of the molecule is O=C1c2cc3ccc4cc5c6ccccc6cc6ccc7c(Cl)c(c2C(Br)=C(Br)C1Br)c3c4c7c65. The first kappa shape index (κ1) is 20.9. The highest BCUT2D eigenvalue weighted by atomic mass is 79.9. The van der Waals surface area contributed by atoms with Gasteiger partial charge >= 0.3 is 0 Å². The largest absolute Gasteiger partial charge is 0.292 e. The van der Waals surface area contributed by atoms with Gasteiger partial charge in [0.2, 0.25) is 0 Å². The van der Waals surface area contributed by atoms with Crippen molar-refractivity contribution in [2.45, 2.75) is 4.83 Å². The minimum absolute atomic E-state index is 0.0278. The van der Waals surface area contributed by atoms with Crippen LogP contribution in [0, 0.1) is 0 Å². The van der Waals surface area contributed by atoms with Gasteiger partial charge in [0.05, 0.1) is 5.02 Å². The van der Waals surface area contributed by atoms with Crippen molar-refractivity contribution in [2.75, 3.05) is 0 Å². The average Bonchev–Trinajstić information content (AvgIpc) is 2.88. The number of allylic oxidation sites excluding steroid dienone is 1. The normalized spacial score (nSPS) is 16.8. The van der Waals surface area contributed by atoms with Crippen molar-refractivity contribution in [1.29, 1.82) is 0 Å². The monoisotopic (exact) mass is 660 g/mol. The average molecular weight is 664 g/mol. The molecule has 7 aromatic carbocycles. The maximum Gasteiger partial charge on any atom is 0.182 e. The van der Waals surface area contributed by atoms with E-state index in [4.69, 9.17) is 11.6 Å². The van der Waals surface area contributed by atoms with Crippen molar-refractivity contribution in [1.82, 2.24) is 0 Å². The molecule has 0 fully saturated rings. The lowest BCUT2D eigenvalue weighted by Crippen LogP contribution is -2.21. The standard InChI is InChI=1S/C30H12Br3ClO/c31-26-24-19(30(35)28(33)27(26)32)11-15-6-5-14-10-18-16-4-2-1-3-12(16)9-13-7-8-17-23(20(13)18)21(14)22(15)25(24)29(17)34/h1-11,28H. The summed E-state index contributed by atoms with van der Waals surface area (Å²) in [6.45, 7) is 0. The lowest BCUT2D eigenvalue weighted by molar-refractivity contribution is 0.100. The first-order valence-electron chi connectivity index (χ1n) is 11.2. The van der Waals surface area contributed by atoms with E-state index < -0.39 is 4.83 Å². The molecule has 0 amide bonds. The topological polar surface area (TPSA) is 17.1 Å². The molecule has 0 heterocycles. The van der Waals surface area contributed by atoms with Gasteiger partial charge in [-0.05, 0) is 82.6 Å². The Labute approximate surface area is 229 Å². The van der Waals surface area contributed by atoms with Gasteiger partial charge < -0.3 is 0 Å². The van der Waals surface area contributed by atoms with Crippen LogP contribution in [0.1, 0.15) is 15.9 Å². The number of hydrogen-bond donors (Lipinski definition) is 0. The highest BCUT2D eigenvalue weighted by Gasteiger charge is 2.34. The molecule has 0 radical (unpaired) electrons. The zero-order valence-electron chi connectivity index (χ0n) is 17.8. The van der Waals surface area contributed by atoms with Crippen LogP contribution in [0.3, 0.4) is 0 Å². The Morgan fingerprint density at radius 3 is 2.17 bits per heavy atom. The minimum atomic E-state index is -0.422. The number of carbonyl (C=O) groups is 1. The molecule has 1 unspecified atom stereocenters. The zero-order chi connectivity index (χ0) is 23.7. The summed E-state index contributed by atoms with van der Waals surface area (Å²) in [5.74, 6) is 0.0278. The summed E-state index contributed by atoms with van der Waals surface area (Å²) in [6.07, 6.45) is 0. The number of rotatable bonds is 0. The molecule has 5 heteroatoms. The molecule has 1 aliphatic rings. The summed E-state index contributed by atoms with van der Waals surface area (Å²) in [6, 6.07) is 23.8. The lowest BCUT2D eigenvalue weighted by Gasteiger charge is -2.26. The second-order valence-electron chi connectivity index (χ2n) is 9.25. The number of Topliss-reactive ketones (excluding diaryl/α,β-unsaturated/α-hetero) is 1. The van der Waals surface area contributed by atoms with Gasteiger partial charge in [0.1, 0.15) is 4.83 Å². The molecule has 1 nitrogen and oxygen atoms in total. The molecule has 7 aromatic rings. The highest BCUT2D eigenvalue weighted by molar-refractivity contribution is 9.17. The van der Waals surface area contributed by atoms with E-state index >= 15 is 0 Å². The zero-order valence-corrected chi connectivity index (χ0v) is 23.4. The Kier molecular flexibility index (Phi) is 4.15. The predicted octanol–water partition coefficient (Wildman–Crippen LogP) is 10.6. The molecule has 1 aliphatic carbocycles. The van der Waals surface area contributed by atoms with E-state index in [1.165, 1.54) is 43.1 Å². The van der Waals surface area contributed by atoms with Crippen LogP contribution < -0.4 is 0 Å². The second-order valence-corrected chi connectivity index (χ2v) is 12.2. The molecule has 166 valence electrons. The third-order valence-electron chi connectivity index (χ3n) is 7.56. The fourth-order valence-electron chi connectivity index (χ4n) is 6.11. The van der Waals surface area contributed by atoms with Crippen LogP contribution in [0.5, 0.6) is 0 Å². The number of hydrogen-bond acceptors (Lipinski definition) is 1. The molecule has 0 saturated heterocycles. The summed E-state index contributed by atoms with van der Waals surface area (Å²) < 4.78 is 1.64. The number of ketones is 1. The van der Waals surface area contributed by atoms with Crippen molar-refractivity contribution in [3.63, 3.8) is 0 Å². The molecule has 1 atom stereocenters. The van der Waals surface area contributed by atoms with E-state index in [1.54, 1.807) is 0 Å². The maximum atomic E-state index is 13.3. The van der Waals surface area contributed by atoms with Gasteiger partial charge in [-0.15, -0.1) is 0 Å². The second kappa shape index (κ2) is 6.95. The van der Waals surface area contributed by atoms with Crippen LogP contribution in [0.25, 0.3) is 69.1 Å². The fraction of sp³-hybridized carbons (Fsp3) is 0.0333. The number of halogens is 4. The molecule has 0 bridgehead atoms. The first-order chi connectivity index (χ1) is 17.0. The van der Waals surface area contributed by atoms with Crippen LogP contribution in [-0.2, 0) is 0 Å². The van der Waals surface area contributed by atoms with Gasteiger partial charge in [0, 0.05) is 36.3 Å². The number of carbonyl (C=O) groups excluding carboxylic acids is 1. The van der Waals surface area contributed by atoms with Gasteiger partial charge in [0.25, 0.3) is 0 Å². The molecule has 0 saturated carbocycles. The maximum absolute atomic E-state index is 13.3. The van der Waals surface area contributed by atoms with Crippen molar-refractivity contribution in [3.8, 4) is 0 Å². The van der Waals surface area contributed by atoms with E-state index in [-0.39, 0.29) is 5.78 Å². The minimum Gasteiger partial charge on any atom is -0.292 e. The van der Waals surface area contributed by atoms with Crippen molar-refractivity contribution in [3.05, 3.63) is 87.4 Å². The molecule has 0 spiro atoms. The van der Waals surface area contributed by atoms with Crippen LogP contribution in [-0.4, -0.2) is 10.6 Å². The Morgan fingerprint density at radius 1 is 0.657 bits per heavy atom. The van der Waals surface area contributed by atoms with Gasteiger partial charge in [-0.2, -0.15) is 0 Å². The van der Waals surface area contributed by atoms with E-state index in [0.29, 0.717) is 10.6 Å². The first-order valence-corrected chi connectivity index (χ1v) is 14.1. The van der Waals surface area contributed by atoms with E-state index in [0.717, 1.165) is 36.1 Å². The number of alkyl halides is 1. The predicted molar refractivity (Wildman–Crippen MR) is 161 cm³/mol. The molecular formula is C30H12Br3ClO. The highest BCUT2D eigenvalue weighted by Crippen LogP contribution is 2.53. The van der Waals surface area contributed by atoms with Crippen LogP contribution >= 0.6 is 59.4 Å². The molecule has 0 aliphatic heterocycles. The lowest BCUT2D eigenvalue weighted by atomic mass is 9.82. The smallest absolute Gasteiger partial charge is 0.182 e. The van der Waals surface area contributed by atoms with E-state index in [1.807, 2.05) is 6.07 Å². The summed E-state index contributed by atoms with van der Waals surface area (Å²) in [5, 5.41) is 14.5. The molecule has 8 rings (SSSR count). The Morgan fingerprint density at radius 2 is 1.34 bits per heavy atom. The number of fused-ring (bicyclic) bond motifs is 4. The molecular weight excluding hydrogens is 651 g/mol. The van der Waals surface area contributed by atoms with Gasteiger partial charge in [0.15, 0.2) is 5.78 Å².